The molecule has 3 N–H and O–H groups in total. The minimum absolute atomic E-state index is 0.353. The molecular formula is C9H8Cl4N2O2. The van der Waals surface area contributed by atoms with Crippen LogP contribution in [-0.4, -0.2) is 21.2 Å². The first kappa shape index (κ1) is 14.7. The Balaban J connectivity index is 2.60. The van der Waals surface area contributed by atoms with E-state index < -0.39 is 16.1 Å². The van der Waals surface area contributed by atoms with Crippen molar-refractivity contribution in [3.63, 3.8) is 0 Å². The maximum absolute atomic E-state index is 11.4. The van der Waals surface area contributed by atoms with Crippen molar-refractivity contribution in [2.24, 2.45) is 0 Å². The minimum Gasteiger partial charge on any atom is -0.369 e. The van der Waals surface area contributed by atoms with Crippen LogP contribution in [0.2, 0.25) is 5.02 Å². The molecule has 4 nitrogen and oxygen atoms in total. The van der Waals surface area contributed by atoms with Gasteiger partial charge in [0, 0.05) is 0 Å². The fraction of sp³-hybridized carbons (Fsp3) is 0.222. The van der Waals surface area contributed by atoms with Crippen LogP contribution in [0.5, 0.6) is 0 Å². The Labute approximate surface area is 118 Å². The number of aliphatic hydroxyl groups is 1. The van der Waals surface area contributed by atoms with Crippen LogP contribution in [0.4, 0.5) is 10.5 Å². The molecule has 1 aromatic rings. The molecule has 0 radical (unpaired) electrons. The van der Waals surface area contributed by atoms with Gasteiger partial charge < -0.3 is 15.7 Å². The summed E-state index contributed by atoms with van der Waals surface area (Å²) in [5.41, 5.74) is 0.378. The Morgan fingerprint density at radius 2 is 1.88 bits per heavy atom. The maximum atomic E-state index is 11.4. The summed E-state index contributed by atoms with van der Waals surface area (Å²) in [6.07, 6.45) is -1.63. The average Bonchev–Trinajstić information content (AvgIpc) is 2.20. The first-order valence-electron chi connectivity index (χ1n) is 4.37. The average molecular weight is 318 g/mol. The molecule has 8 heteroatoms. The molecule has 2 amide bonds. The van der Waals surface area contributed by atoms with Crippen molar-refractivity contribution in [3.05, 3.63) is 29.3 Å². The van der Waals surface area contributed by atoms with Crippen LogP contribution >= 0.6 is 46.4 Å². The summed E-state index contributed by atoms with van der Waals surface area (Å²) in [6.45, 7) is 0. The van der Waals surface area contributed by atoms with Crippen LogP contribution in [-0.2, 0) is 0 Å². The van der Waals surface area contributed by atoms with Gasteiger partial charge in [0.25, 0.3) is 0 Å². The lowest BCUT2D eigenvalue weighted by Crippen LogP contribution is -2.45. The van der Waals surface area contributed by atoms with Crippen molar-refractivity contribution in [1.29, 1.82) is 0 Å². The summed E-state index contributed by atoms with van der Waals surface area (Å²) < 4.78 is -2.00. The molecule has 0 fully saturated rings. The molecule has 0 aliphatic rings. The predicted molar refractivity (Wildman–Crippen MR) is 69.9 cm³/mol. The van der Waals surface area contributed by atoms with Gasteiger partial charge >= 0.3 is 6.03 Å². The van der Waals surface area contributed by atoms with Crippen LogP contribution in [0.1, 0.15) is 0 Å². The number of hydrogen-bond acceptors (Lipinski definition) is 2. The fourth-order valence-electron chi connectivity index (χ4n) is 0.927. The lowest BCUT2D eigenvalue weighted by atomic mass is 10.3. The highest BCUT2D eigenvalue weighted by Gasteiger charge is 2.32. The van der Waals surface area contributed by atoms with E-state index >= 15 is 0 Å². The zero-order valence-corrected chi connectivity index (χ0v) is 11.3. The maximum Gasteiger partial charge on any atom is 0.321 e. The number of carbonyl (C=O) groups excluding carboxylic acids is 1. The highest BCUT2D eigenvalue weighted by molar-refractivity contribution is 6.68. The number of halogens is 4. The van der Waals surface area contributed by atoms with E-state index in [0.717, 1.165) is 0 Å². The molecule has 0 aliphatic carbocycles. The topological polar surface area (TPSA) is 61.4 Å². The lowest BCUT2D eigenvalue weighted by Gasteiger charge is -2.20. The zero-order chi connectivity index (χ0) is 13.1. The summed E-state index contributed by atoms with van der Waals surface area (Å²) in [6, 6.07) is 5.84. The Hall–Kier alpha value is -0.390. The third-order valence-corrected chi connectivity index (χ3v) is 2.65. The van der Waals surface area contributed by atoms with E-state index in [1.807, 2.05) is 5.32 Å². The normalized spacial score (nSPS) is 13.0. The van der Waals surface area contributed by atoms with Crippen molar-refractivity contribution in [2.45, 2.75) is 10.0 Å². The summed E-state index contributed by atoms with van der Waals surface area (Å²) in [5, 5.41) is 14.1. The predicted octanol–water partition coefficient (Wildman–Crippen LogP) is 3.15. The van der Waals surface area contributed by atoms with Gasteiger partial charge in [0.1, 0.15) is 0 Å². The number of anilines is 1. The number of carbonyl (C=O) groups is 1. The molecular weight excluding hydrogens is 310 g/mol. The van der Waals surface area contributed by atoms with Gasteiger partial charge in [-0.2, -0.15) is 0 Å². The van der Waals surface area contributed by atoms with Gasteiger partial charge in [0.15, 0.2) is 6.23 Å². The monoisotopic (exact) mass is 316 g/mol. The fourth-order valence-corrected chi connectivity index (χ4v) is 1.27. The molecule has 0 aliphatic heterocycles. The van der Waals surface area contributed by atoms with E-state index in [1.165, 1.54) is 0 Å². The number of benzene rings is 1. The largest absolute Gasteiger partial charge is 0.369 e. The van der Waals surface area contributed by atoms with Crippen molar-refractivity contribution in [3.8, 4) is 0 Å². The Kier molecular flexibility index (Phi) is 5.16. The van der Waals surface area contributed by atoms with Crippen molar-refractivity contribution >= 4 is 58.1 Å². The molecule has 0 unspecified atom stereocenters. The summed E-state index contributed by atoms with van der Waals surface area (Å²) >= 11 is 21.9. The molecule has 0 bridgehead atoms. The van der Waals surface area contributed by atoms with Gasteiger partial charge in [0.2, 0.25) is 3.79 Å². The molecule has 0 aromatic heterocycles. The number of urea groups is 1. The van der Waals surface area contributed by atoms with Gasteiger partial charge in [-0.3, -0.25) is 0 Å². The summed E-state index contributed by atoms with van der Waals surface area (Å²) in [4.78, 5) is 11.4. The third kappa shape index (κ3) is 4.77. The quantitative estimate of drug-likeness (QED) is 0.579. The zero-order valence-electron chi connectivity index (χ0n) is 8.25. The molecule has 94 valence electrons. The van der Waals surface area contributed by atoms with Crippen molar-refractivity contribution in [1.82, 2.24) is 5.32 Å². The van der Waals surface area contributed by atoms with Gasteiger partial charge in [-0.15, -0.1) is 0 Å². The number of amides is 2. The van der Waals surface area contributed by atoms with E-state index in [9.17, 15) is 9.90 Å². The molecule has 1 rings (SSSR count). The number of hydrogen-bond donors (Lipinski definition) is 3. The summed E-state index contributed by atoms with van der Waals surface area (Å²) in [7, 11) is 0. The van der Waals surface area contributed by atoms with E-state index in [0.29, 0.717) is 10.7 Å². The smallest absolute Gasteiger partial charge is 0.321 e. The van der Waals surface area contributed by atoms with Crippen LogP contribution in [0, 0.1) is 0 Å². The van der Waals surface area contributed by atoms with Gasteiger partial charge in [-0.05, 0) is 12.1 Å². The number of rotatable bonds is 2. The molecule has 0 saturated carbocycles. The third-order valence-electron chi connectivity index (χ3n) is 1.70. The van der Waals surface area contributed by atoms with Crippen molar-refractivity contribution in [2.75, 3.05) is 5.32 Å². The number of para-hydroxylation sites is 1. The Bertz CT molecular complexity index is 408. The molecule has 17 heavy (non-hydrogen) atoms. The second-order valence-corrected chi connectivity index (χ2v) is 5.80. The van der Waals surface area contributed by atoms with Crippen LogP contribution in [0.25, 0.3) is 0 Å². The lowest BCUT2D eigenvalue weighted by molar-refractivity contribution is 0.148. The number of nitrogens with one attached hydrogen (secondary N) is 2. The van der Waals surface area contributed by atoms with E-state index in [1.54, 1.807) is 24.3 Å². The Morgan fingerprint density at radius 3 is 2.41 bits per heavy atom. The standard InChI is InChI=1S/C9H8Cl4N2O2/c10-5-3-1-2-4-6(5)14-8(17)15-7(16)9(11,12)13/h1-4,7,16H,(H2,14,15,17)/t7-/m1/s1. The van der Waals surface area contributed by atoms with E-state index in [2.05, 4.69) is 5.32 Å². The molecule has 1 atom stereocenters. The molecule has 0 heterocycles. The SMILES string of the molecule is O=C(Nc1ccccc1Cl)N[C@H](O)C(Cl)(Cl)Cl. The summed E-state index contributed by atoms with van der Waals surface area (Å²) in [5.74, 6) is 0. The Morgan fingerprint density at radius 1 is 1.29 bits per heavy atom. The minimum atomic E-state index is -2.00. The van der Waals surface area contributed by atoms with Crippen LogP contribution in [0.15, 0.2) is 24.3 Å². The van der Waals surface area contributed by atoms with E-state index in [4.69, 9.17) is 46.4 Å². The van der Waals surface area contributed by atoms with Crippen LogP contribution < -0.4 is 10.6 Å². The van der Waals surface area contributed by atoms with Gasteiger partial charge in [-0.25, -0.2) is 4.79 Å². The first-order chi connectivity index (χ1) is 7.80. The second kappa shape index (κ2) is 5.98. The van der Waals surface area contributed by atoms with E-state index in [-0.39, 0.29) is 0 Å². The molecule has 0 spiro atoms. The second-order valence-electron chi connectivity index (χ2n) is 3.02. The van der Waals surface area contributed by atoms with Gasteiger partial charge in [0.05, 0.1) is 10.7 Å². The highest BCUT2D eigenvalue weighted by atomic mass is 35.6. The number of aliphatic hydroxyl groups excluding tert-OH is 1. The first-order valence-corrected chi connectivity index (χ1v) is 5.88. The molecule has 0 saturated heterocycles. The van der Waals surface area contributed by atoms with Crippen molar-refractivity contribution < 1.29 is 9.90 Å². The number of alkyl halides is 3. The molecule has 1 aromatic carbocycles. The van der Waals surface area contributed by atoms with Crippen LogP contribution in [0.3, 0.4) is 0 Å². The highest BCUT2D eigenvalue weighted by Crippen LogP contribution is 2.29. The van der Waals surface area contributed by atoms with Gasteiger partial charge in [-0.1, -0.05) is 58.5 Å².